The fourth-order valence-electron chi connectivity index (χ4n) is 4.21. The second-order valence-electron chi connectivity index (χ2n) is 11.0. The third-order valence-electron chi connectivity index (χ3n) is 7.31. The molecule has 1 unspecified atom stereocenters. The summed E-state index contributed by atoms with van der Waals surface area (Å²) in [6.45, 7) is 15.0. The van der Waals surface area contributed by atoms with Gasteiger partial charge >= 0.3 is 0 Å². The van der Waals surface area contributed by atoms with Gasteiger partial charge in [0.25, 0.3) is 8.32 Å². The highest BCUT2D eigenvalue weighted by Crippen LogP contribution is 2.55. The number of amides is 1. The van der Waals surface area contributed by atoms with Crippen molar-refractivity contribution in [3.63, 3.8) is 0 Å². The van der Waals surface area contributed by atoms with Gasteiger partial charge in [-0.2, -0.15) is 0 Å². The number of benzene rings is 2. The van der Waals surface area contributed by atoms with E-state index in [9.17, 15) is 4.79 Å². The van der Waals surface area contributed by atoms with Gasteiger partial charge in [-0.15, -0.1) is 0 Å². The Balaban J connectivity index is 2.11. The summed E-state index contributed by atoms with van der Waals surface area (Å²) in [4.78, 5) is 15.1. The van der Waals surface area contributed by atoms with Crippen molar-refractivity contribution in [2.45, 2.75) is 58.8 Å². The Morgan fingerprint density at radius 2 is 1.37 bits per heavy atom. The lowest BCUT2D eigenvalue weighted by atomic mass is 9.70. The van der Waals surface area contributed by atoms with Crippen molar-refractivity contribution < 1.29 is 28.2 Å². The first-order valence-electron chi connectivity index (χ1n) is 11.7. The fourth-order valence-corrected chi connectivity index (χ4v) is 5.23. The van der Waals surface area contributed by atoms with Crippen LogP contribution in [0.1, 0.15) is 46.2 Å². The molecule has 1 atom stereocenters. The van der Waals surface area contributed by atoms with Crippen LogP contribution in [0.2, 0.25) is 18.1 Å². The molecule has 8 heteroatoms. The van der Waals surface area contributed by atoms with Gasteiger partial charge in [0, 0.05) is 12.1 Å². The van der Waals surface area contributed by atoms with E-state index in [1.165, 1.54) is 0 Å². The summed E-state index contributed by atoms with van der Waals surface area (Å²) in [5, 5.41) is 0.0297. The maximum absolute atomic E-state index is 13.4. The van der Waals surface area contributed by atoms with Gasteiger partial charge < -0.3 is 28.3 Å². The zero-order valence-corrected chi connectivity index (χ0v) is 23.9. The van der Waals surface area contributed by atoms with E-state index in [1.807, 2.05) is 32.0 Å². The molecule has 35 heavy (non-hydrogen) atoms. The lowest BCUT2D eigenvalue weighted by Crippen LogP contribution is -2.61. The predicted molar refractivity (Wildman–Crippen MR) is 141 cm³/mol. The van der Waals surface area contributed by atoms with Gasteiger partial charge in [0.15, 0.2) is 17.2 Å². The Kier molecular flexibility index (Phi) is 7.10. The number of nitrogens with zero attached hydrogens (tertiary/aromatic N) is 1. The first-order chi connectivity index (χ1) is 16.2. The SMILES string of the molecule is COc1ccc(C2N(c3cc(OC)c(OC)c(OC)c3)C(=O)C2(C)C)cc1O[Si](C)(C)C(C)(C)C. The minimum atomic E-state index is -2.12. The zero-order valence-electron chi connectivity index (χ0n) is 22.9. The van der Waals surface area contributed by atoms with E-state index in [-0.39, 0.29) is 17.0 Å². The second-order valence-corrected chi connectivity index (χ2v) is 15.7. The number of carbonyl (C=O) groups is 1. The van der Waals surface area contributed by atoms with Crippen molar-refractivity contribution >= 4 is 19.9 Å². The molecule has 2 aromatic carbocycles. The van der Waals surface area contributed by atoms with Crippen LogP contribution in [-0.2, 0) is 4.79 Å². The average molecular weight is 502 g/mol. The molecule has 3 rings (SSSR count). The molecule has 1 aliphatic heterocycles. The molecule has 192 valence electrons. The summed E-state index contributed by atoms with van der Waals surface area (Å²) >= 11 is 0. The molecule has 1 amide bonds. The highest BCUT2D eigenvalue weighted by Gasteiger charge is 2.56. The lowest BCUT2D eigenvalue weighted by Gasteiger charge is -2.53. The molecule has 7 nitrogen and oxygen atoms in total. The maximum atomic E-state index is 13.4. The first-order valence-corrected chi connectivity index (χ1v) is 14.6. The number of carbonyl (C=O) groups excluding carboxylic acids is 1. The molecule has 0 bridgehead atoms. The number of methoxy groups -OCH3 is 4. The van der Waals surface area contributed by atoms with Crippen molar-refractivity contribution in [3.8, 4) is 28.7 Å². The van der Waals surface area contributed by atoms with E-state index >= 15 is 0 Å². The molecule has 0 saturated carbocycles. The molecule has 0 spiro atoms. The Morgan fingerprint density at radius 1 is 0.829 bits per heavy atom. The van der Waals surface area contributed by atoms with Crippen LogP contribution in [0.3, 0.4) is 0 Å². The van der Waals surface area contributed by atoms with E-state index < -0.39 is 13.7 Å². The zero-order chi connectivity index (χ0) is 26.3. The Labute approximate surface area is 210 Å². The molecular formula is C27H39NO6Si. The van der Waals surface area contributed by atoms with Gasteiger partial charge in [0.2, 0.25) is 11.7 Å². The van der Waals surface area contributed by atoms with Crippen LogP contribution in [-0.4, -0.2) is 42.7 Å². The number of hydrogen-bond donors (Lipinski definition) is 0. The van der Waals surface area contributed by atoms with E-state index in [4.69, 9.17) is 23.4 Å². The van der Waals surface area contributed by atoms with E-state index in [2.05, 4.69) is 33.9 Å². The van der Waals surface area contributed by atoms with Gasteiger partial charge in [-0.05, 0) is 49.7 Å². The number of anilines is 1. The average Bonchev–Trinajstić information content (AvgIpc) is 2.79. The van der Waals surface area contributed by atoms with Gasteiger partial charge in [0.1, 0.15) is 5.75 Å². The molecule has 0 aliphatic carbocycles. The van der Waals surface area contributed by atoms with Crippen LogP contribution in [0.15, 0.2) is 30.3 Å². The van der Waals surface area contributed by atoms with E-state index in [1.54, 1.807) is 45.5 Å². The first kappa shape index (κ1) is 26.7. The van der Waals surface area contributed by atoms with E-state index in [0.29, 0.717) is 34.4 Å². The van der Waals surface area contributed by atoms with Gasteiger partial charge in [-0.1, -0.05) is 26.8 Å². The topological polar surface area (TPSA) is 66.5 Å². The van der Waals surface area contributed by atoms with Crippen molar-refractivity contribution in [2.24, 2.45) is 5.41 Å². The molecule has 1 aliphatic rings. The Hall–Kier alpha value is -2.87. The van der Waals surface area contributed by atoms with Crippen molar-refractivity contribution in [1.29, 1.82) is 0 Å². The summed E-state index contributed by atoms with van der Waals surface area (Å²) in [5.74, 6) is 2.87. The minimum absolute atomic E-state index is 0.0134. The largest absolute Gasteiger partial charge is 0.541 e. The van der Waals surface area contributed by atoms with Crippen LogP contribution < -0.4 is 28.3 Å². The molecule has 0 radical (unpaired) electrons. The fraction of sp³-hybridized carbons (Fsp3) is 0.519. The molecule has 1 fully saturated rings. The summed E-state index contributed by atoms with van der Waals surface area (Å²) < 4.78 is 28.8. The van der Waals surface area contributed by atoms with Gasteiger partial charge in [-0.3, -0.25) is 4.79 Å². The van der Waals surface area contributed by atoms with Crippen molar-refractivity contribution in [1.82, 2.24) is 0 Å². The third kappa shape index (κ3) is 4.56. The quantitative estimate of drug-likeness (QED) is 0.316. The van der Waals surface area contributed by atoms with Crippen molar-refractivity contribution in [2.75, 3.05) is 33.3 Å². The van der Waals surface area contributed by atoms with Crippen LogP contribution in [0.4, 0.5) is 5.69 Å². The van der Waals surface area contributed by atoms with Crippen LogP contribution in [0.5, 0.6) is 28.7 Å². The number of hydrogen-bond acceptors (Lipinski definition) is 6. The molecule has 1 heterocycles. The van der Waals surface area contributed by atoms with Crippen LogP contribution >= 0.6 is 0 Å². The predicted octanol–water partition coefficient (Wildman–Crippen LogP) is 6.22. The standard InChI is InChI=1S/C27H39NO6Si/c1-26(2,3)35(10,11)34-20-14-17(12-13-19(20)30-6)24-27(4,5)25(29)28(24)18-15-21(31-7)23(33-9)22(16-18)32-8/h12-16,24H,1-11H3. The maximum Gasteiger partial charge on any atom is 0.250 e. The number of ether oxygens (including phenoxy) is 4. The number of β-lactam (4-membered cyclic amide) rings is 1. The molecular weight excluding hydrogens is 462 g/mol. The van der Waals surface area contributed by atoms with Gasteiger partial charge in [-0.25, -0.2) is 0 Å². The molecule has 2 aromatic rings. The monoisotopic (exact) mass is 501 g/mol. The van der Waals surface area contributed by atoms with E-state index in [0.717, 1.165) is 5.56 Å². The summed E-state index contributed by atoms with van der Waals surface area (Å²) in [5.41, 5.74) is 1.04. The van der Waals surface area contributed by atoms with Crippen LogP contribution in [0, 0.1) is 5.41 Å². The summed E-state index contributed by atoms with van der Waals surface area (Å²) in [6.07, 6.45) is 0. The molecule has 1 saturated heterocycles. The Bertz CT molecular complexity index is 1080. The molecule has 0 N–H and O–H groups in total. The second kappa shape index (κ2) is 9.30. The summed E-state index contributed by atoms with van der Waals surface area (Å²) in [7, 11) is 4.21. The van der Waals surface area contributed by atoms with Crippen LogP contribution in [0.25, 0.3) is 0 Å². The highest BCUT2D eigenvalue weighted by molar-refractivity contribution is 6.74. The van der Waals surface area contributed by atoms with Gasteiger partial charge in [0.05, 0.1) is 45.6 Å². The summed E-state index contributed by atoms with van der Waals surface area (Å²) in [6, 6.07) is 9.33. The Morgan fingerprint density at radius 3 is 1.83 bits per heavy atom. The smallest absolute Gasteiger partial charge is 0.250 e. The lowest BCUT2D eigenvalue weighted by molar-refractivity contribution is -0.137. The highest BCUT2D eigenvalue weighted by atomic mass is 28.4. The third-order valence-corrected chi connectivity index (χ3v) is 11.7. The number of rotatable bonds is 8. The normalized spacial score (nSPS) is 17.5. The van der Waals surface area contributed by atoms with Crippen molar-refractivity contribution in [3.05, 3.63) is 35.9 Å². The molecule has 0 aromatic heterocycles. The minimum Gasteiger partial charge on any atom is -0.541 e.